The lowest BCUT2D eigenvalue weighted by atomic mass is 9.42. The van der Waals surface area contributed by atoms with Crippen LogP contribution in [0.2, 0.25) is 0 Å². The molecule has 2 unspecified atom stereocenters. The molecule has 194 valence electrons. The Hall–Kier alpha value is -1.82. The third-order valence-corrected chi connectivity index (χ3v) is 11.3. The minimum atomic E-state index is -0.887. The summed E-state index contributed by atoms with van der Waals surface area (Å²) in [5, 5.41) is 19.7. The second-order valence-electron chi connectivity index (χ2n) is 12.8. The maximum absolute atomic E-state index is 13.9. The van der Waals surface area contributed by atoms with Crippen LogP contribution in [0.15, 0.2) is 12.2 Å². The van der Waals surface area contributed by atoms with Crippen molar-refractivity contribution >= 4 is 23.3 Å². The fourth-order valence-electron chi connectivity index (χ4n) is 8.86. The number of aliphatic hydroxyl groups excluding tert-OH is 1. The summed E-state index contributed by atoms with van der Waals surface area (Å²) < 4.78 is 0. The van der Waals surface area contributed by atoms with E-state index in [1.807, 2.05) is 13.8 Å². The molecule has 0 saturated heterocycles. The summed E-state index contributed by atoms with van der Waals surface area (Å²) in [7, 11) is 0. The van der Waals surface area contributed by atoms with Crippen LogP contribution in [0.4, 0.5) is 0 Å². The van der Waals surface area contributed by atoms with Crippen LogP contribution in [0, 0.1) is 58.2 Å². The van der Waals surface area contributed by atoms with Gasteiger partial charge in [0.15, 0.2) is 0 Å². The van der Waals surface area contributed by atoms with Gasteiger partial charge in [-0.2, -0.15) is 0 Å². The summed E-state index contributed by atoms with van der Waals surface area (Å²) in [6.07, 6.45) is 4.04. The molecule has 11 atom stereocenters. The molecule has 4 rings (SSSR count). The fraction of sp³-hybridized carbons (Fsp3) is 0.793. The Morgan fingerprint density at radius 2 is 1.77 bits per heavy atom. The first-order valence-corrected chi connectivity index (χ1v) is 13.5. The van der Waals surface area contributed by atoms with E-state index in [0.717, 1.165) is 12.8 Å². The van der Waals surface area contributed by atoms with E-state index in [4.69, 9.17) is 0 Å². The van der Waals surface area contributed by atoms with Crippen molar-refractivity contribution in [2.45, 2.75) is 85.7 Å². The highest BCUT2D eigenvalue weighted by Gasteiger charge is 2.70. The van der Waals surface area contributed by atoms with Crippen LogP contribution in [-0.4, -0.2) is 39.6 Å². The molecule has 4 aliphatic rings. The molecule has 4 fully saturated rings. The summed E-state index contributed by atoms with van der Waals surface area (Å²) in [6.45, 7) is 13.7. The minimum absolute atomic E-state index is 0.0109. The summed E-state index contributed by atoms with van der Waals surface area (Å²) >= 11 is 0. The largest absolute Gasteiger partial charge is 0.481 e. The number of Topliss-reactive ketones (excluding diaryl/α,β-unsaturated/α-hetero) is 3. The highest BCUT2D eigenvalue weighted by atomic mass is 16.4. The molecule has 2 N–H and O–H groups in total. The molecule has 0 aliphatic heterocycles. The Morgan fingerprint density at radius 1 is 1.11 bits per heavy atom. The van der Waals surface area contributed by atoms with Crippen LogP contribution >= 0.6 is 0 Å². The molecule has 0 aromatic rings. The highest BCUT2D eigenvalue weighted by Crippen LogP contribution is 2.66. The lowest BCUT2D eigenvalue weighted by molar-refractivity contribution is -0.180. The number of carbonyl (C=O) groups excluding carboxylic acids is 3. The summed E-state index contributed by atoms with van der Waals surface area (Å²) in [5.74, 6) is -3.19. The highest BCUT2D eigenvalue weighted by molar-refractivity contribution is 6.41. The standard InChI is InChI=1S/C29H42O6/c1-14(16(3)27(34)35)7-8-15(2)18-9-10-19-23-22(31)13-20-17(4)21(30)11-12-28(20,5)24(23)25(32)26(33)29(18,19)6/h15-21,23-24,30H,1,7-13H2,2-6H3,(H,34,35)/t15-,16-,17+,18-,19+,20+,21-,23?,24?,28+,29-/m1/s1. The molecule has 35 heavy (non-hydrogen) atoms. The quantitative estimate of drug-likeness (QED) is 0.423. The van der Waals surface area contributed by atoms with E-state index >= 15 is 0 Å². The smallest absolute Gasteiger partial charge is 0.310 e. The maximum Gasteiger partial charge on any atom is 0.310 e. The molecular formula is C29H42O6. The Labute approximate surface area is 208 Å². The van der Waals surface area contributed by atoms with E-state index in [9.17, 15) is 29.4 Å². The molecule has 0 amide bonds. The molecule has 4 aliphatic carbocycles. The van der Waals surface area contributed by atoms with Gasteiger partial charge in [-0.05, 0) is 80.5 Å². The second-order valence-corrected chi connectivity index (χ2v) is 12.8. The van der Waals surface area contributed by atoms with E-state index in [1.165, 1.54) is 0 Å². The van der Waals surface area contributed by atoms with Crippen molar-refractivity contribution in [1.82, 2.24) is 0 Å². The lowest BCUT2D eigenvalue weighted by Crippen LogP contribution is -2.65. The zero-order chi connectivity index (χ0) is 26.0. The predicted octanol–water partition coefficient (Wildman–Crippen LogP) is 4.48. The molecule has 6 nitrogen and oxygen atoms in total. The van der Waals surface area contributed by atoms with E-state index < -0.39 is 40.7 Å². The van der Waals surface area contributed by atoms with Crippen molar-refractivity contribution < 1.29 is 29.4 Å². The number of carboxylic acids is 1. The van der Waals surface area contributed by atoms with Gasteiger partial charge in [-0.25, -0.2) is 0 Å². The van der Waals surface area contributed by atoms with Gasteiger partial charge in [0.1, 0.15) is 5.78 Å². The van der Waals surface area contributed by atoms with Crippen LogP contribution in [0.3, 0.4) is 0 Å². The second kappa shape index (κ2) is 8.93. The van der Waals surface area contributed by atoms with Gasteiger partial charge in [0, 0.05) is 23.7 Å². The number of aliphatic carboxylic acids is 1. The number of hydrogen-bond acceptors (Lipinski definition) is 5. The first-order chi connectivity index (χ1) is 16.3. The van der Waals surface area contributed by atoms with Gasteiger partial charge < -0.3 is 10.2 Å². The van der Waals surface area contributed by atoms with Crippen LogP contribution in [-0.2, 0) is 19.2 Å². The van der Waals surface area contributed by atoms with Gasteiger partial charge in [0.05, 0.1) is 12.0 Å². The first-order valence-electron chi connectivity index (χ1n) is 13.5. The Balaban J connectivity index is 1.61. The van der Waals surface area contributed by atoms with Crippen LogP contribution in [0.5, 0.6) is 0 Å². The number of aliphatic hydroxyl groups is 1. The van der Waals surface area contributed by atoms with Crippen molar-refractivity contribution in [3.8, 4) is 0 Å². The van der Waals surface area contributed by atoms with Crippen LogP contribution < -0.4 is 0 Å². The third-order valence-electron chi connectivity index (χ3n) is 11.3. The van der Waals surface area contributed by atoms with Gasteiger partial charge in [-0.3, -0.25) is 19.2 Å². The van der Waals surface area contributed by atoms with Crippen molar-refractivity contribution in [1.29, 1.82) is 0 Å². The average Bonchev–Trinajstić information content (AvgIpc) is 3.16. The monoisotopic (exact) mass is 486 g/mol. The average molecular weight is 487 g/mol. The molecule has 4 saturated carbocycles. The number of carboxylic acid groups (broad SMARTS) is 1. The molecule has 0 bridgehead atoms. The summed E-state index contributed by atoms with van der Waals surface area (Å²) in [4.78, 5) is 52.7. The molecule has 0 spiro atoms. The number of rotatable bonds is 6. The molecule has 0 aromatic heterocycles. The zero-order valence-corrected chi connectivity index (χ0v) is 21.9. The third kappa shape index (κ3) is 3.77. The maximum atomic E-state index is 13.9. The Morgan fingerprint density at radius 3 is 2.40 bits per heavy atom. The van der Waals surface area contributed by atoms with Gasteiger partial charge >= 0.3 is 5.97 Å². The number of carbonyl (C=O) groups is 4. The molecule has 0 radical (unpaired) electrons. The summed E-state index contributed by atoms with van der Waals surface area (Å²) in [6, 6.07) is 0. The predicted molar refractivity (Wildman–Crippen MR) is 131 cm³/mol. The van der Waals surface area contributed by atoms with E-state index in [2.05, 4.69) is 20.4 Å². The topological polar surface area (TPSA) is 109 Å². The van der Waals surface area contributed by atoms with E-state index in [0.29, 0.717) is 37.7 Å². The minimum Gasteiger partial charge on any atom is -0.481 e. The van der Waals surface area contributed by atoms with E-state index in [1.54, 1.807) is 6.92 Å². The molecule has 0 heterocycles. The van der Waals surface area contributed by atoms with Gasteiger partial charge in [-0.1, -0.05) is 39.8 Å². The zero-order valence-electron chi connectivity index (χ0n) is 21.9. The van der Waals surface area contributed by atoms with Gasteiger partial charge in [0.25, 0.3) is 0 Å². The normalized spacial score (nSPS) is 44.7. The fourth-order valence-corrected chi connectivity index (χ4v) is 8.86. The van der Waals surface area contributed by atoms with Gasteiger partial charge in [0.2, 0.25) is 11.6 Å². The Bertz CT molecular complexity index is 953. The van der Waals surface area contributed by atoms with Crippen molar-refractivity contribution in [2.24, 2.45) is 58.2 Å². The Kier molecular flexibility index (Phi) is 6.70. The number of fused-ring (bicyclic) bond motifs is 5. The lowest BCUT2D eigenvalue weighted by Gasteiger charge is -2.59. The van der Waals surface area contributed by atoms with Gasteiger partial charge in [-0.15, -0.1) is 0 Å². The molecular weight excluding hydrogens is 444 g/mol. The SMILES string of the molecule is C=C(CC[C@@H](C)[C@H]1CC[C@H]2C3C(=O)C[C@H]4[C@H](C)[C@H](O)CC[C@]4(C)C3C(=O)C(=O)[C@]12C)[C@@H](C)C(=O)O. The molecule has 0 aromatic carbocycles. The first kappa shape index (κ1) is 26.2. The molecule has 6 heteroatoms. The van der Waals surface area contributed by atoms with Crippen molar-refractivity contribution in [3.05, 3.63) is 12.2 Å². The number of ketones is 3. The van der Waals surface area contributed by atoms with Crippen LogP contribution in [0.25, 0.3) is 0 Å². The van der Waals surface area contributed by atoms with E-state index in [-0.39, 0.29) is 46.9 Å². The summed E-state index contributed by atoms with van der Waals surface area (Å²) in [5.41, 5.74) is -0.610. The van der Waals surface area contributed by atoms with Crippen molar-refractivity contribution in [3.63, 3.8) is 0 Å². The van der Waals surface area contributed by atoms with Crippen LogP contribution in [0.1, 0.15) is 79.6 Å². The van der Waals surface area contributed by atoms with Crippen molar-refractivity contribution in [2.75, 3.05) is 0 Å². The number of hydrogen-bond donors (Lipinski definition) is 2.